The molecule has 0 radical (unpaired) electrons. The molecule has 1 aromatic heterocycles. The fraction of sp³-hybridized carbons (Fsp3) is 0.750. The van der Waals surface area contributed by atoms with Gasteiger partial charge in [-0.3, -0.25) is 0 Å². The summed E-state index contributed by atoms with van der Waals surface area (Å²) in [6.07, 6.45) is 3.65. The van der Waals surface area contributed by atoms with Gasteiger partial charge in [-0.05, 0) is 26.7 Å². The number of nitrogens with one attached hydrogen (secondary N) is 2. The molecule has 0 aromatic carbocycles. The lowest BCUT2D eigenvalue weighted by atomic mass is 10.1. The molecule has 2 heterocycles. The van der Waals surface area contributed by atoms with Crippen LogP contribution >= 0.6 is 0 Å². The van der Waals surface area contributed by atoms with Gasteiger partial charge >= 0.3 is 0 Å². The number of aryl methyl sites for hydroxylation is 2. The van der Waals surface area contributed by atoms with Gasteiger partial charge < -0.3 is 10.6 Å². The van der Waals surface area contributed by atoms with Crippen molar-refractivity contribution < 1.29 is 0 Å². The lowest BCUT2D eigenvalue weighted by molar-refractivity contribution is 0.594. The standard InChI is InChI=1S/C12H22N4/c1-4-6-10-7-8-13-11-9(3)15-16(5-2)12(11)14-10/h10,13-14H,4-8H2,1-3H3. The average molecular weight is 222 g/mol. The highest BCUT2D eigenvalue weighted by Crippen LogP contribution is 2.29. The molecular weight excluding hydrogens is 200 g/mol. The molecule has 1 aliphatic rings. The lowest BCUT2D eigenvalue weighted by Gasteiger charge is -2.16. The van der Waals surface area contributed by atoms with Crippen LogP contribution in [0.2, 0.25) is 0 Å². The van der Waals surface area contributed by atoms with Crippen molar-refractivity contribution in [3.8, 4) is 0 Å². The molecule has 90 valence electrons. The summed E-state index contributed by atoms with van der Waals surface area (Å²) < 4.78 is 2.06. The van der Waals surface area contributed by atoms with E-state index in [1.54, 1.807) is 0 Å². The topological polar surface area (TPSA) is 41.9 Å². The van der Waals surface area contributed by atoms with Crippen molar-refractivity contribution >= 4 is 11.5 Å². The Morgan fingerprint density at radius 1 is 1.44 bits per heavy atom. The normalized spacial score (nSPS) is 19.6. The largest absolute Gasteiger partial charge is 0.380 e. The Balaban J connectivity index is 2.26. The van der Waals surface area contributed by atoms with Gasteiger partial charge in [0, 0.05) is 19.1 Å². The first kappa shape index (κ1) is 11.3. The zero-order valence-corrected chi connectivity index (χ0v) is 10.5. The molecule has 0 amide bonds. The molecule has 1 aliphatic heterocycles. The Morgan fingerprint density at radius 2 is 2.25 bits per heavy atom. The first-order chi connectivity index (χ1) is 7.76. The Hall–Kier alpha value is -1.19. The SMILES string of the molecule is CCCC1CCNc2c(C)nn(CC)c2N1. The van der Waals surface area contributed by atoms with Gasteiger partial charge in [0.25, 0.3) is 0 Å². The van der Waals surface area contributed by atoms with Crippen molar-refractivity contribution in [3.05, 3.63) is 5.69 Å². The van der Waals surface area contributed by atoms with E-state index in [4.69, 9.17) is 0 Å². The van der Waals surface area contributed by atoms with Gasteiger partial charge in [-0.15, -0.1) is 0 Å². The number of fused-ring (bicyclic) bond motifs is 1. The molecule has 4 nitrogen and oxygen atoms in total. The smallest absolute Gasteiger partial charge is 0.148 e. The van der Waals surface area contributed by atoms with Gasteiger partial charge in [0.15, 0.2) is 0 Å². The van der Waals surface area contributed by atoms with E-state index in [1.807, 2.05) is 0 Å². The summed E-state index contributed by atoms with van der Waals surface area (Å²) in [6, 6.07) is 0.583. The Labute approximate surface area is 97.4 Å². The maximum absolute atomic E-state index is 4.54. The molecule has 0 aliphatic carbocycles. The molecule has 0 spiro atoms. The summed E-state index contributed by atoms with van der Waals surface area (Å²) in [6.45, 7) is 8.40. The number of hydrogen-bond acceptors (Lipinski definition) is 3. The molecule has 0 fully saturated rings. The van der Waals surface area contributed by atoms with Gasteiger partial charge in [-0.2, -0.15) is 5.10 Å². The van der Waals surface area contributed by atoms with Crippen molar-refractivity contribution in [2.45, 2.75) is 52.6 Å². The third kappa shape index (κ3) is 2.01. The fourth-order valence-electron chi connectivity index (χ4n) is 2.37. The molecule has 1 unspecified atom stereocenters. The minimum absolute atomic E-state index is 0.583. The maximum atomic E-state index is 4.54. The van der Waals surface area contributed by atoms with Crippen LogP contribution in [0.4, 0.5) is 11.5 Å². The first-order valence-electron chi connectivity index (χ1n) is 6.34. The molecule has 1 aromatic rings. The highest BCUT2D eigenvalue weighted by molar-refractivity contribution is 5.69. The number of aromatic nitrogens is 2. The van der Waals surface area contributed by atoms with E-state index < -0.39 is 0 Å². The van der Waals surface area contributed by atoms with Crippen molar-refractivity contribution in [2.75, 3.05) is 17.2 Å². The molecule has 2 rings (SSSR count). The van der Waals surface area contributed by atoms with E-state index in [0.29, 0.717) is 6.04 Å². The second-order valence-electron chi connectivity index (χ2n) is 4.47. The Morgan fingerprint density at radius 3 is 2.94 bits per heavy atom. The fourth-order valence-corrected chi connectivity index (χ4v) is 2.37. The third-order valence-electron chi connectivity index (χ3n) is 3.20. The van der Waals surface area contributed by atoms with Gasteiger partial charge in [0.2, 0.25) is 0 Å². The van der Waals surface area contributed by atoms with Crippen molar-refractivity contribution in [1.29, 1.82) is 0 Å². The van der Waals surface area contributed by atoms with E-state index in [2.05, 4.69) is 41.2 Å². The summed E-state index contributed by atoms with van der Waals surface area (Å²) >= 11 is 0. The predicted molar refractivity (Wildman–Crippen MR) is 68.1 cm³/mol. The third-order valence-corrected chi connectivity index (χ3v) is 3.20. The molecule has 0 saturated heterocycles. The second-order valence-corrected chi connectivity index (χ2v) is 4.47. The number of hydrogen-bond donors (Lipinski definition) is 2. The number of anilines is 2. The van der Waals surface area contributed by atoms with Crippen molar-refractivity contribution in [3.63, 3.8) is 0 Å². The van der Waals surface area contributed by atoms with Gasteiger partial charge in [-0.25, -0.2) is 4.68 Å². The van der Waals surface area contributed by atoms with Crippen LogP contribution in [-0.4, -0.2) is 22.4 Å². The predicted octanol–water partition coefficient (Wildman–Crippen LogP) is 2.61. The van der Waals surface area contributed by atoms with Crippen molar-refractivity contribution in [2.24, 2.45) is 0 Å². The van der Waals surface area contributed by atoms with Crippen LogP contribution in [0.1, 0.15) is 38.8 Å². The summed E-state index contributed by atoms with van der Waals surface area (Å²) in [5.74, 6) is 1.18. The molecule has 0 saturated carbocycles. The molecule has 4 heteroatoms. The first-order valence-corrected chi connectivity index (χ1v) is 6.34. The summed E-state index contributed by atoms with van der Waals surface area (Å²) in [7, 11) is 0. The van der Waals surface area contributed by atoms with Crippen LogP contribution in [0.5, 0.6) is 0 Å². The van der Waals surface area contributed by atoms with Gasteiger partial charge in [0.05, 0.1) is 5.69 Å². The van der Waals surface area contributed by atoms with E-state index in [1.165, 1.54) is 30.8 Å². The quantitative estimate of drug-likeness (QED) is 0.826. The summed E-state index contributed by atoms with van der Waals surface area (Å²) in [4.78, 5) is 0. The van der Waals surface area contributed by atoms with E-state index >= 15 is 0 Å². The molecule has 2 N–H and O–H groups in total. The molecule has 16 heavy (non-hydrogen) atoms. The zero-order chi connectivity index (χ0) is 11.5. The lowest BCUT2D eigenvalue weighted by Crippen LogP contribution is -2.21. The van der Waals surface area contributed by atoms with E-state index in [-0.39, 0.29) is 0 Å². The van der Waals surface area contributed by atoms with Crippen LogP contribution in [0.25, 0.3) is 0 Å². The van der Waals surface area contributed by atoms with Gasteiger partial charge in [-0.1, -0.05) is 13.3 Å². The Kier molecular flexibility index (Phi) is 3.36. The van der Waals surface area contributed by atoms with Gasteiger partial charge in [0.1, 0.15) is 11.5 Å². The summed E-state index contributed by atoms with van der Waals surface area (Å²) in [5, 5.41) is 11.7. The average Bonchev–Trinajstić information content (AvgIpc) is 2.48. The highest BCUT2D eigenvalue weighted by Gasteiger charge is 2.20. The molecule has 1 atom stereocenters. The molecular formula is C12H22N4. The number of rotatable bonds is 3. The minimum atomic E-state index is 0.583. The zero-order valence-electron chi connectivity index (χ0n) is 10.5. The minimum Gasteiger partial charge on any atom is -0.380 e. The van der Waals surface area contributed by atoms with Crippen LogP contribution < -0.4 is 10.6 Å². The highest BCUT2D eigenvalue weighted by atomic mass is 15.4. The summed E-state index contributed by atoms with van der Waals surface area (Å²) in [5.41, 5.74) is 2.29. The van der Waals surface area contributed by atoms with Crippen molar-refractivity contribution in [1.82, 2.24) is 9.78 Å². The second kappa shape index (κ2) is 4.76. The molecule has 0 bridgehead atoms. The monoisotopic (exact) mass is 222 g/mol. The maximum Gasteiger partial charge on any atom is 0.148 e. The van der Waals surface area contributed by atoms with E-state index in [0.717, 1.165) is 18.8 Å². The van der Waals surface area contributed by atoms with E-state index in [9.17, 15) is 0 Å². The Bertz CT molecular complexity index is 356. The van der Waals surface area contributed by atoms with Crippen LogP contribution in [-0.2, 0) is 6.54 Å². The van der Waals surface area contributed by atoms with Crippen LogP contribution in [0.15, 0.2) is 0 Å². The van der Waals surface area contributed by atoms with Crippen LogP contribution in [0.3, 0.4) is 0 Å². The van der Waals surface area contributed by atoms with Crippen LogP contribution in [0, 0.1) is 6.92 Å². The number of nitrogens with zero attached hydrogens (tertiary/aromatic N) is 2.